The lowest BCUT2D eigenvalue weighted by Gasteiger charge is -2.18. The van der Waals surface area contributed by atoms with Gasteiger partial charge in [0.05, 0.1) is 17.8 Å². The summed E-state index contributed by atoms with van der Waals surface area (Å²) in [6.45, 7) is 3.41. The number of carbonyl (C=O) groups is 1. The van der Waals surface area contributed by atoms with E-state index in [9.17, 15) is 18.0 Å². The van der Waals surface area contributed by atoms with Crippen molar-refractivity contribution in [3.8, 4) is 0 Å². The third kappa shape index (κ3) is 6.11. The van der Waals surface area contributed by atoms with Crippen molar-refractivity contribution in [2.75, 3.05) is 5.32 Å². The van der Waals surface area contributed by atoms with Gasteiger partial charge in [-0.2, -0.15) is 13.2 Å². The first-order valence-electron chi connectivity index (χ1n) is 9.58. The number of nitrogens with zero attached hydrogens (tertiary/aromatic N) is 1. The van der Waals surface area contributed by atoms with E-state index in [0.717, 1.165) is 6.08 Å². The maximum absolute atomic E-state index is 13.7. The molecule has 1 amide bonds. The molecule has 0 radical (unpaired) electrons. The Labute approximate surface area is 193 Å². The van der Waals surface area contributed by atoms with E-state index < -0.39 is 12.1 Å². The fourth-order valence-corrected chi connectivity index (χ4v) is 3.66. The van der Waals surface area contributed by atoms with E-state index in [4.69, 9.17) is 23.2 Å². The number of benzene rings is 2. The molecule has 0 saturated carbocycles. The zero-order valence-electron chi connectivity index (χ0n) is 17.2. The second-order valence-electron chi connectivity index (χ2n) is 7.34. The lowest BCUT2D eigenvalue weighted by Crippen LogP contribution is -2.19. The number of hydrogen-bond donors (Lipinski definition) is 1. The highest BCUT2D eigenvalue weighted by atomic mass is 35.5. The normalized spacial score (nSPS) is 12.7. The van der Waals surface area contributed by atoms with Gasteiger partial charge in [0.15, 0.2) is 0 Å². The quantitative estimate of drug-likeness (QED) is 0.383. The lowest BCUT2D eigenvalue weighted by atomic mass is 9.95. The molecule has 1 N–H and O–H groups in total. The van der Waals surface area contributed by atoms with Gasteiger partial charge in [0.1, 0.15) is 5.15 Å². The highest BCUT2D eigenvalue weighted by molar-refractivity contribution is 6.30. The summed E-state index contributed by atoms with van der Waals surface area (Å²) >= 11 is 11.7. The van der Waals surface area contributed by atoms with Gasteiger partial charge in [0, 0.05) is 10.6 Å². The topological polar surface area (TPSA) is 42.0 Å². The third-order valence-electron chi connectivity index (χ3n) is 4.74. The summed E-state index contributed by atoms with van der Waals surface area (Å²) in [4.78, 5) is 16.4. The summed E-state index contributed by atoms with van der Waals surface area (Å²) in [6.07, 6.45) is -0.554. The van der Waals surface area contributed by atoms with E-state index in [1.807, 2.05) is 0 Å². The number of aryl methyl sites for hydroxylation is 2. The van der Waals surface area contributed by atoms with Gasteiger partial charge in [-0.15, -0.1) is 0 Å². The van der Waals surface area contributed by atoms with Crippen molar-refractivity contribution in [2.24, 2.45) is 0 Å². The number of anilines is 1. The van der Waals surface area contributed by atoms with Crippen LogP contribution < -0.4 is 5.32 Å². The molecule has 3 nitrogen and oxygen atoms in total. The zero-order chi connectivity index (χ0) is 23.5. The SMILES string of the molecule is Cc1cc(Cl)cc(C(/C=C/c2ccc(C(=O)Nc3ccc(Cl)nc3)c(C)c2)C(F)(F)F)c1. The van der Waals surface area contributed by atoms with Crippen molar-refractivity contribution in [1.82, 2.24) is 4.98 Å². The number of pyridine rings is 1. The summed E-state index contributed by atoms with van der Waals surface area (Å²) in [6, 6.07) is 12.4. The van der Waals surface area contributed by atoms with E-state index in [-0.39, 0.29) is 16.5 Å². The standard InChI is InChI=1S/C24H19Cl2F3N2O/c1-14-9-17(12-18(25)10-14)21(24(27,28)29)7-4-16-3-6-20(15(2)11-16)23(32)31-19-5-8-22(26)30-13-19/h3-13,21H,1-2H3,(H,31,32)/b7-4+. The van der Waals surface area contributed by atoms with Crippen LogP contribution in [0.2, 0.25) is 10.2 Å². The summed E-state index contributed by atoms with van der Waals surface area (Å²) in [7, 11) is 0. The van der Waals surface area contributed by atoms with Crippen LogP contribution in [0.25, 0.3) is 6.08 Å². The van der Waals surface area contributed by atoms with Crippen molar-refractivity contribution in [3.63, 3.8) is 0 Å². The van der Waals surface area contributed by atoms with E-state index in [1.54, 1.807) is 50.2 Å². The number of aromatic nitrogens is 1. The van der Waals surface area contributed by atoms with E-state index in [1.165, 1.54) is 24.4 Å². The average molecular weight is 479 g/mol. The molecule has 0 aliphatic rings. The highest BCUT2D eigenvalue weighted by Crippen LogP contribution is 2.37. The maximum atomic E-state index is 13.7. The number of amides is 1. The van der Waals surface area contributed by atoms with Crippen LogP contribution in [0.1, 0.15) is 38.5 Å². The molecule has 0 aliphatic carbocycles. The molecule has 3 aromatic rings. The van der Waals surface area contributed by atoms with E-state index in [2.05, 4.69) is 10.3 Å². The number of hydrogen-bond acceptors (Lipinski definition) is 2. The molecule has 0 fully saturated rings. The van der Waals surface area contributed by atoms with Crippen molar-refractivity contribution in [3.05, 3.63) is 98.8 Å². The Balaban J connectivity index is 1.82. The zero-order valence-corrected chi connectivity index (χ0v) is 18.7. The van der Waals surface area contributed by atoms with Gasteiger partial charge in [-0.05, 0) is 66.4 Å². The van der Waals surface area contributed by atoms with Gasteiger partial charge in [0.2, 0.25) is 0 Å². The summed E-state index contributed by atoms with van der Waals surface area (Å²) in [5.41, 5.74) is 2.76. The fraction of sp³-hybridized carbons (Fsp3) is 0.167. The Morgan fingerprint density at radius 1 is 1.06 bits per heavy atom. The first kappa shape index (κ1) is 23.8. The number of alkyl halides is 3. The molecular weight excluding hydrogens is 460 g/mol. The van der Waals surface area contributed by atoms with Crippen LogP contribution in [0.4, 0.5) is 18.9 Å². The van der Waals surface area contributed by atoms with Crippen LogP contribution in [0.5, 0.6) is 0 Å². The smallest absolute Gasteiger partial charge is 0.321 e. The number of halogens is 5. The number of rotatable bonds is 5. The molecule has 0 aliphatic heterocycles. The van der Waals surface area contributed by atoms with Crippen LogP contribution >= 0.6 is 23.2 Å². The number of allylic oxidation sites excluding steroid dienone is 1. The summed E-state index contributed by atoms with van der Waals surface area (Å²) < 4.78 is 41.1. The Bertz CT molecular complexity index is 1140. The Morgan fingerprint density at radius 2 is 1.81 bits per heavy atom. The van der Waals surface area contributed by atoms with Gasteiger partial charge < -0.3 is 5.32 Å². The molecule has 1 unspecified atom stereocenters. The molecular formula is C24H19Cl2F3N2O. The fourth-order valence-electron chi connectivity index (χ4n) is 3.25. The summed E-state index contributed by atoms with van der Waals surface area (Å²) in [5, 5.41) is 3.27. The molecule has 2 aromatic carbocycles. The molecule has 0 bridgehead atoms. The van der Waals surface area contributed by atoms with Crippen LogP contribution in [-0.4, -0.2) is 17.1 Å². The number of nitrogens with one attached hydrogen (secondary N) is 1. The van der Waals surface area contributed by atoms with Gasteiger partial charge >= 0.3 is 6.18 Å². The molecule has 8 heteroatoms. The Morgan fingerprint density at radius 3 is 2.41 bits per heavy atom. The molecule has 1 aromatic heterocycles. The molecule has 1 heterocycles. The molecule has 3 rings (SSSR count). The lowest BCUT2D eigenvalue weighted by molar-refractivity contribution is -0.139. The van der Waals surface area contributed by atoms with Crippen molar-refractivity contribution < 1.29 is 18.0 Å². The van der Waals surface area contributed by atoms with Gasteiger partial charge in [-0.3, -0.25) is 4.79 Å². The summed E-state index contributed by atoms with van der Waals surface area (Å²) in [5.74, 6) is -2.16. The maximum Gasteiger partial charge on any atom is 0.399 e. The van der Waals surface area contributed by atoms with Crippen LogP contribution in [0.3, 0.4) is 0 Å². The predicted octanol–water partition coefficient (Wildman–Crippen LogP) is 7.62. The minimum absolute atomic E-state index is 0.0723. The van der Waals surface area contributed by atoms with Gasteiger partial charge in [0.25, 0.3) is 5.91 Å². The predicted molar refractivity (Wildman–Crippen MR) is 122 cm³/mol. The molecule has 166 valence electrons. The first-order valence-corrected chi connectivity index (χ1v) is 10.3. The highest BCUT2D eigenvalue weighted by Gasteiger charge is 2.39. The van der Waals surface area contributed by atoms with Crippen molar-refractivity contribution in [1.29, 1.82) is 0 Å². The van der Waals surface area contributed by atoms with Crippen LogP contribution in [0.15, 0.2) is 60.8 Å². The molecule has 1 atom stereocenters. The van der Waals surface area contributed by atoms with Crippen molar-refractivity contribution in [2.45, 2.75) is 25.9 Å². The van der Waals surface area contributed by atoms with E-state index in [0.29, 0.717) is 33.1 Å². The largest absolute Gasteiger partial charge is 0.399 e. The Hall–Kier alpha value is -2.83. The van der Waals surface area contributed by atoms with Gasteiger partial charge in [-0.25, -0.2) is 4.98 Å². The second kappa shape index (κ2) is 9.76. The second-order valence-corrected chi connectivity index (χ2v) is 8.16. The first-order chi connectivity index (χ1) is 15.0. The van der Waals surface area contributed by atoms with Gasteiger partial charge in [-0.1, -0.05) is 53.6 Å². The van der Waals surface area contributed by atoms with E-state index >= 15 is 0 Å². The van der Waals surface area contributed by atoms with Crippen molar-refractivity contribution >= 4 is 40.9 Å². The Kier molecular flexibility index (Phi) is 7.26. The molecule has 0 saturated heterocycles. The van der Waals surface area contributed by atoms with Crippen LogP contribution in [0, 0.1) is 13.8 Å². The average Bonchev–Trinajstić information content (AvgIpc) is 2.68. The molecule has 0 spiro atoms. The minimum atomic E-state index is -4.48. The third-order valence-corrected chi connectivity index (χ3v) is 5.18. The minimum Gasteiger partial charge on any atom is -0.321 e. The number of carbonyl (C=O) groups excluding carboxylic acids is 1. The van der Waals surface area contributed by atoms with Crippen LogP contribution in [-0.2, 0) is 0 Å². The monoisotopic (exact) mass is 478 g/mol. The molecule has 32 heavy (non-hydrogen) atoms.